The molecule has 1 saturated heterocycles. The summed E-state index contributed by atoms with van der Waals surface area (Å²) in [4.78, 5) is 0. The van der Waals surface area contributed by atoms with Crippen LogP contribution in [0.5, 0.6) is 0 Å². The quantitative estimate of drug-likeness (QED) is 0.454. The summed E-state index contributed by atoms with van der Waals surface area (Å²) in [6.45, 7) is 0. The van der Waals surface area contributed by atoms with Crippen LogP contribution in [0.15, 0.2) is 0 Å². The molecule has 0 radical (unpaired) electrons. The highest BCUT2D eigenvalue weighted by atomic mass is 19.1. The molecule has 52 valence electrons. The lowest BCUT2D eigenvalue weighted by Crippen LogP contribution is -2.08. The van der Waals surface area contributed by atoms with Crippen molar-refractivity contribution in [2.45, 2.75) is 44.1 Å². The molecule has 0 aromatic rings. The first kappa shape index (κ1) is 5.66. The topological polar surface area (TPSA) is 12.5 Å². The Morgan fingerprint density at radius 1 is 1.22 bits per heavy atom. The Morgan fingerprint density at radius 2 is 2.00 bits per heavy atom. The van der Waals surface area contributed by atoms with Gasteiger partial charge in [-0.3, -0.25) is 0 Å². The average molecular weight is 130 g/mol. The standard InChI is InChI=1S/C7H11FO/c8-5-3-1-2-4-6-7(5)9-6/h5-7H,1-4H2/t5?,6-,7+/m0/s1. The van der Waals surface area contributed by atoms with E-state index in [0.717, 1.165) is 25.7 Å². The van der Waals surface area contributed by atoms with Crippen molar-refractivity contribution in [1.82, 2.24) is 0 Å². The molecule has 1 unspecified atom stereocenters. The third-order valence-electron chi connectivity index (χ3n) is 2.20. The first-order chi connectivity index (χ1) is 4.38. The van der Waals surface area contributed by atoms with Crippen LogP contribution in [-0.4, -0.2) is 18.4 Å². The SMILES string of the molecule is FC1CCCC[C@@H]2O[C@H]12. The second kappa shape index (κ2) is 1.94. The van der Waals surface area contributed by atoms with Gasteiger partial charge in [-0.2, -0.15) is 0 Å². The van der Waals surface area contributed by atoms with Gasteiger partial charge in [0.1, 0.15) is 12.3 Å². The molecule has 0 aromatic heterocycles. The van der Waals surface area contributed by atoms with Gasteiger partial charge in [-0.15, -0.1) is 0 Å². The number of epoxide rings is 1. The van der Waals surface area contributed by atoms with Crippen LogP contribution < -0.4 is 0 Å². The van der Waals surface area contributed by atoms with Crippen molar-refractivity contribution < 1.29 is 9.13 Å². The van der Waals surface area contributed by atoms with Gasteiger partial charge in [0.2, 0.25) is 0 Å². The van der Waals surface area contributed by atoms with Crippen molar-refractivity contribution in [1.29, 1.82) is 0 Å². The lowest BCUT2D eigenvalue weighted by Gasteiger charge is -1.98. The predicted octanol–water partition coefficient (Wildman–Crippen LogP) is 1.67. The summed E-state index contributed by atoms with van der Waals surface area (Å²) >= 11 is 0. The van der Waals surface area contributed by atoms with Crippen LogP contribution in [0.4, 0.5) is 4.39 Å². The fourth-order valence-corrected chi connectivity index (χ4v) is 1.56. The van der Waals surface area contributed by atoms with E-state index in [0.29, 0.717) is 6.10 Å². The van der Waals surface area contributed by atoms with E-state index in [4.69, 9.17) is 4.74 Å². The van der Waals surface area contributed by atoms with Crippen LogP contribution in [-0.2, 0) is 4.74 Å². The van der Waals surface area contributed by atoms with E-state index < -0.39 is 6.17 Å². The van der Waals surface area contributed by atoms with E-state index >= 15 is 0 Å². The normalized spacial score (nSPS) is 49.7. The first-order valence-corrected chi connectivity index (χ1v) is 3.67. The molecule has 0 aromatic carbocycles. The summed E-state index contributed by atoms with van der Waals surface area (Å²) in [5.74, 6) is 0. The van der Waals surface area contributed by atoms with Gasteiger partial charge >= 0.3 is 0 Å². The molecule has 9 heavy (non-hydrogen) atoms. The molecule has 3 atom stereocenters. The van der Waals surface area contributed by atoms with Crippen LogP contribution in [0.2, 0.25) is 0 Å². The largest absolute Gasteiger partial charge is 0.366 e. The maximum atomic E-state index is 12.8. The fourth-order valence-electron chi connectivity index (χ4n) is 1.56. The van der Waals surface area contributed by atoms with E-state index in [1.165, 1.54) is 0 Å². The van der Waals surface area contributed by atoms with Crippen molar-refractivity contribution in [2.24, 2.45) is 0 Å². The maximum absolute atomic E-state index is 12.8. The summed E-state index contributed by atoms with van der Waals surface area (Å²) in [5, 5.41) is 0. The molecule has 0 spiro atoms. The van der Waals surface area contributed by atoms with Crippen LogP contribution in [0.25, 0.3) is 0 Å². The number of alkyl halides is 1. The lowest BCUT2D eigenvalue weighted by molar-refractivity contribution is 0.223. The second-order valence-electron chi connectivity index (χ2n) is 2.94. The molecule has 0 amide bonds. The van der Waals surface area contributed by atoms with Gasteiger partial charge in [0.25, 0.3) is 0 Å². The van der Waals surface area contributed by atoms with Gasteiger partial charge in [-0.1, -0.05) is 12.8 Å². The summed E-state index contributed by atoms with van der Waals surface area (Å²) in [6, 6.07) is 0. The second-order valence-corrected chi connectivity index (χ2v) is 2.94. The van der Waals surface area contributed by atoms with Gasteiger partial charge in [0.15, 0.2) is 0 Å². The fraction of sp³-hybridized carbons (Fsp3) is 1.00. The highest BCUT2D eigenvalue weighted by Gasteiger charge is 2.45. The number of hydrogen-bond donors (Lipinski definition) is 0. The number of ether oxygens (including phenoxy) is 1. The van der Waals surface area contributed by atoms with Crippen LogP contribution >= 0.6 is 0 Å². The highest BCUT2D eigenvalue weighted by Crippen LogP contribution is 2.36. The molecule has 2 aliphatic rings. The molecule has 1 aliphatic carbocycles. The zero-order valence-corrected chi connectivity index (χ0v) is 5.35. The summed E-state index contributed by atoms with van der Waals surface area (Å²) < 4.78 is 17.8. The molecule has 0 N–H and O–H groups in total. The van der Waals surface area contributed by atoms with Gasteiger partial charge in [0.05, 0.1) is 6.10 Å². The Morgan fingerprint density at radius 3 is 2.89 bits per heavy atom. The Hall–Kier alpha value is -0.110. The predicted molar refractivity (Wildman–Crippen MR) is 32.0 cm³/mol. The van der Waals surface area contributed by atoms with Gasteiger partial charge in [0, 0.05) is 0 Å². The van der Waals surface area contributed by atoms with E-state index in [9.17, 15) is 4.39 Å². The Kier molecular flexibility index (Phi) is 1.22. The number of fused-ring (bicyclic) bond motifs is 1. The third-order valence-corrected chi connectivity index (χ3v) is 2.20. The van der Waals surface area contributed by atoms with E-state index in [1.54, 1.807) is 0 Å². The summed E-state index contributed by atoms with van der Waals surface area (Å²) in [6.07, 6.45) is 3.65. The van der Waals surface area contributed by atoms with Crippen molar-refractivity contribution in [3.05, 3.63) is 0 Å². The van der Waals surface area contributed by atoms with Crippen LogP contribution in [0, 0.1) is 0 Å². The molecule has 1 nitrogen and oxygen atoms in total. The average Bonchev–Trinajstić information content (AvgIpc) is 2.55. The first-order valence-electron chi connectivity index (χ1n) is 3.67. The molecule has 2 fully saturated rings. The minimum atomic E-state index is -0.655. The molecular formula is C7H11FO. The zero-order chi connectivity index (χ0) is 6.27. The monoisotopic (exact) mass is 130 g/mol. The molecule has 2 rings (SSSR count). The number of halogens is 1. The van der Waals surface area contributed by atoms with Crippen molar-refractivity contribution in [3.8, 4) is 0 Å². The minimum Gasteiger partial charge on any atom is -0.366 e. The van der Waals surface area contributed by atoms with Crippen molar-refractivity contribution >= 4 is 0 Å². The molecule has 1 aliphatic heterocycles. The Labute approximate surface area is 54.2 Å². The molecule has 1 heterocycles. The number of rotatable bonds is 0. The van der Waals surface area contributed by atoms with E-state index in [2.05, 4.69) is 0 Å². The minimum absolute atomic E-state index is 0.00694. The molecular weight excluding hydrogens is 119 g/mol. The van der Waals surface area contributed by atoms with Crippen LogP contribution in [0.1, 0.15) is 25.7 Å². The number of hydrogen-bond acceptors (Lipinski definition) is 1. The zero-order valence-electron chi connectivity index (χ0n) is 5.35. The Balaban J connectivity index is 1.96. The van der Waals surface area contributed by atoms with Crippen LogP contribution in [0.3, 0.4) is 0 Å². The Bertz CT molecular complexity index is 115. The third kappa shape index (κ3) is 0.960. The smallest absolute Gasteiger partial charge is 0.129 e. The van der Waals surface area contributed by atoms with Gasteiger partial charge in [-0.05, 0) is 12.8 Å². The lowest BCUT2D eigenvalue weighted by atomic mass is 10.2. The highest BCUT2D eigenvalue weighted by molar-refractivity contribution is 4.92. The molecule has 2 heteroatoms. The van der Waals surface area contributed by atoms with Crippen molar-refractivity contribution in [3.63, 3.8) is 0 Å². The molecule has 1 saturated carbocycles. The van der Waals surface area contributed by atoms with E-state index in [1.807, 2.05) is 0 Å². The van der Waals surface area contributed by atoms with E-state index in [-0.39, 0.29) is 6.10 Å². The van der Waals surface area contributed by atoms with Gasteiger partial charge in [-0.25, -0.2) is 4.39 Å². The van der Waals surface area contributed by atoms with Crippen molar-refractivity contribution in [2.75, 3.05) is 0 Å². The maximum Gasteiger partial charge on any atom is 0.129 e. The summed E-state index contributed by atoms with van der Waals surface area (Å²) in [7, 11) is 0. The summed E-state index contributed by atoms with van der Waals surface area (Å²) in [5.41, 5.74) is 0. The molecule has 0 bridgehead atoms. The van der Waals surface area contributed by atoms with Gasteiger partial charge < -0.3 is 4.74 Å².